The van der Waals surface area contributed by atoms with E-state index in [2.05, 4.69) is 0 Å². The van der Waals surface area contributed by atoms with Gasteiger partial charge in [-0.3, -0.25) is 0 Å². The average molecular weight is 462 g/mol. The molecule has 0 spiro atoms. The molecule has 0 aliphatic heterocycles. The number of phenols is 1. The zero-order chi connectivity index (χ0) is 23.6. The molecule has 3 rings (SSSR count). The molecule has 0 bridgehead atoms. The molecule has 0 atom stereocenters. The van der Waals surface area contributed by atoms with Crippen LogP contribution in [-0.4, -0.2) is 53.7 Å². The Morgan fingerprint density at radius 2 is 1.68 bits per heavy atom. The predicted octanol–water partition coefficient (Wildman–Crippen LogP) is 3.42. The molecule has 0 fully saturated rings. The molecule has 0 saturated heterocycles. The highest BCUT2D eigenvalue weighted by molar-refractivity contribution is 7.90. The molecule has 31 heavy (non-hydrogen) atoms. The number of carboxylic acids is 1. The van der Waals surface area contributed by atoms with Crippen molar-refractivity contribution < 1.29 is 41.0 Å². The number of nitrogens with zero attached hydrogens (tertiary/aromatic N) is 2. The normalized spacial score (nSPS) is 12.0. The van der Waals surface area contributed by atoms with Gasteiger partial charge in [-0.1, -0.05) is 18.2 Å². The van der Waals surface area contributed by atoms with Gasteiger partial charge >= 0.3 is 12.1 Å². The zero-order valence-corrected chi connectivity index (χ0v) is 17.1. The summed E-state index contributed by atoms with van der Waals surface area (Å²) >= 11 is 0. The maximum Gasteiger partial charge on any atom is 0.490 e. The van der Waals surface area contributed by atoms with Gasteiger partial charge in [0, 0.05) is 29.8 Å². The third-order valence-electron chi connectivity index (χ3n) is 4.01. The van der Waals surface area contributed by atoms with Crippen molar-refractivity contribution in [1.82, 2.24) is 8.87 Å². The van der Waals surface area contributed by atoms with Crippen LogP contribution < -0.4 is 0 Å². The Kier molecular flexibility index (Phi) is 6.96. The van der Waals surface area contributed by atoms with Crippen LogP contribution in [0.15, 0.2) is 53.6 Å². The molecule has 7 nitrogen and oxygen atoms in total. The van der Waals surface area contributed by atoms with Gasteiger partial charge in [-0.05, 0) is 32.3 Å². The molecule has 12 heteroatoms. The number of hydrogen-bond acceptors (Lipinski definition) is 5. The van der Waals surface area contributed by atoms with E-state index in [0.29, 0.717) is 10.9 Å². The first kappa shape index (κ1) is 24.2. The van der Waals surface area contributed by atoms with E-state index in [-0.39, 0.29) is 17.0 Å². The highest BCUT2D eigenvalue weighted by Gasteiger charge is 2.38. The first-order valence-corrected chi connectivity index (χ1v) is 9.97. The maximum absolute atomic E-state index is 14.1. The van der Waals surface area contributed by atoms with Gasteiger partial charge in [-0.15, -0.1) is 0 Å². The smallest absolute Gasteiger partial charge is 0.490 e. The first-order valence-electron chi connectivity index (χ1n) is 8.53. The zero-order valence-electron chi connectivity index (χ0n) is 16.3. The molecule has 0 unspecified atom stereocenters. The second-order valence-corrected chi connectivity index (χ2v) is 8.40. The van der Waals surface area contributed by atoms with Crippen molar-refractivity contribution in [2.45, 2.75) is 17.6 Å². The van der Waals surface area contributed by atoms with Crippen LogP contribution >= 0.6 is 0 Å². The van der Waals surface area contributed by atoms with Crippen LogP contribution in [-0.2, 0) is 21.4 Å². The molecular formula is C19H18F4N2O5S. The number of aromatic nitrogens is 1. The standard InChI is InChI=1S/C17H17FN2O3S.C2HF3O2/c1-19(2)11-14-13-8-9-20(16(13)10-15(18)17(14)21)24(22,23)12-6-4-3-5-7-12;3-2(4,5)1(6)7/h3-10,21H,11H2,1-2H3;(H,6,7). The minimum Gasteiger partial charge on any atom is -0.505 e. The van der Waals surface area contributed by atoms with E-state index >= 15 is 0 Å². The second-order valence-electron chi connectivity index (χ2n) is 6.59. The van der Waals surface area contributed by atoms with Crippen LogP contribution in [0.25, 0.3) is 10.9 Å². The number of rotatable bonds is 4. The van der Waals surface area contributed by atoms with E-state index in [1.807, 2.05) is 0 Å². The van der Waals surface area contributed by atoms with E-state index in [0.717, 1.165) is 10.0 Å². The highest BCUT2D eigenvalue weighted by atomic mass is 32.2. The van der Waals surface area contributed by atoms with E-state index < -0.39 is 33.7 Å². The van der Waals surface area contributed by atoms with E-state index in [1.54, 1.807) is 43.3 Å². The van der Waals surface area contributed by atoms with Crippen LogP contribution in [0.5, 0.6) is 5.75 Å². The summed E-state index contributed by atoms with van der Waals surface area (Å²) in [5, 5.41) is 17.6. The molecule has 168 valence electrons. The van der Waals surface area contributed by atoms with Gasteiger partial charge in [0.1, 0.15) is 0 Å². The number of aliphatic carboxylic acids is 1. The molecule has 0 aliphatic carbocycles. The summed E-state index contributed by atoms with van der Waals surface area (Å²) in [6.45, 7) is 0.287. The lowest BCUT2D eigenvalue weighted by Gasteiger charge is -2.14. The highest BCUT2D eigenvalue weighted by Crippen LogP contribution is 2.33. The minimum absolute atomic E-state index is 0.116. The Morgan fingerprint density at radius 3 is 2.16 bits per heavy atom. The van der Waals surface area contributed by atoms with Crippen molar-refractivity contribution in [1.29, 1.82) is 0 Å². The maximum atomic E-state index is 14.1. The summed E-state index contributed by atoms with van der Waals surface area (Å²) in [6.07, 6.45) is -3.70. The summed E-state index contributed by atoms with van der Waals surface area (Å²) in [4.78, 5) is 10.8. The van der Waals surface area contributed by atoms with Gasteiger partial charge in [0.25, 0.3) is 10.0 Å². The van der Waals surface area contributed by atoms with Crippen molar-refractivity contribution in [3.05, 3.63) is 60.0 Å². The quantitative estimate of drug-likeness (QED) is 0.577. The van der Waals surface area contributed by atoms with Crippen molar-refractivity contribution in [2.75, 3.05) is 14.1 Å². The summed E-state index contributed by atoms with van der Waals surface area (Å²) in [7, 11) is -0.271. The summed E-state index contributed by atoms with van der Waals surface area (Å²) in [5.74, 6) is -4.05. The fourth-order valence-electron chi connectivity index (χ4n) is 2.68. The van der Waals surface area contributed by atoms with Gasteiger partial charge in [0.2, 0.25) is 0 Å². The van der Waals surface area contributed by atoms with E-state index in [9.17, 15) is 31.1 Å². The molecular weight excluding hydrogens is 444 g/mol. The molecule has 0 saturated carbocycles. The molecule has 1 heterocycles. The Bertz CT molecular complexity index is 1190. The molecule has 0 radical (unpaired) electrons. The van der Waals surface area contributed by atoms with Crippen LogP contribution in [0.1, 0.15) is 5.56 Å². The second kappa shape index (κ2) is 8.94. The van der Waals surface area contributed by atoms with Crippen LogP contribution in [0.2, 0.25) is 0 Å². The third-order valence-corrected chi connectivity index (χ3v) is 5.71. The lowest BCUT2D eigenvalue weighted by molar-refractivity contribution is -0.192. The molecule has 2 N–H and O–H groups in total. The third kappa shape index (κ3) is 5.33. The largest absolute Gasteiger partial charge is 0.505 e. The van der Waals surface area contributed by atoms with Crippen molar-refractivity contribution in [3.63, 3.8) is 0 Å². The summed E-state index contributed by atoms with van der Waals surface area (Å²) < 4.78 is 72.5. The fraction of sp³-hybridized carbons (Fsp3) is 0.211. The van der Waals surface area contributed by atoms with E-state index in [1.165, 1.54) is 18.3 Å². The van der Waals surface area contributed by atoms with Crippen molar-refractivity contribution in [3.8, 4) is 5.75 Å². The fourth-order valence-corrected chi connectivity index (χ4v) is 4.03. The Morgan fingerprint density at radius 1 is 1.13 bits per heavy atom. The monoisotopic (exact) mass is 462 g/mol. The molecule has 0 amide bonds. The molecule has 3 aromatic rings. The molecule has 2 aromatic carbocycles. The molecule has 1 aromatic heterocycles. The van der Waals surface area contributed by atoms with Gasteiger partial charge in [-0.2, -0.15) is 13.2 Å². The van der Waals surface area contributed by atoms with Gasteiger partial charge in [0.15, 0.2) is 11.6 Å². The number of fused-ring (bicyclic) bond motifs is 1. The minimum atomic E-state index is -5.08. The summed E-state index contributed by atoms with van der Waals surface area (Å²) in [6, 6.07) is 10.6. The van der Waals surface area contributed by atoms with Crippen molar-refractivity contribution in [2.24, 2.45) is 0 Å². The number of carboxylic acid groups (broad SMARTS) is 1. The summed E-state index contributed by atoms with van der Waals surface area (Å²) in [5.41, 5.74) is 0.558. The topological polar surface area (TPSA) is 99.8 Å². The van der Waals surface area contributed by atoms with E-state index in [4.69, 9.17) is 9.90 Å². The average Bonchev–Trinajstić information content (AvgIpc) is 3.10. The molecule has 0 aliphatic rings. The van der Waals surface area contributed by atoms with Crippen LogP contribution in [0, 0.1) is 5.82 Å². The van der Waals surface area contributed by atoms with Gasteiger partial charge in [0.05, 0.1) is 10.4 Å². The number of aromatic hydroxyl groups is 1. The number of hydrogen-bond donors (Lipinski definition) is 2. The first-order chi connectivity index (χ1) is 14.3. The van der Waals surface area contributed by atoms with Crippen molar-refractivity contribution >= 4 is 26.9 Å². The number of halogens is 4. The Balaban J connectivity index is 0.000000423. The Hall–Kier alpha value is -3.12. The van der Waals surface area contributed by atoms with Crippen LogP contribution in [0.4, 0.5) is 17.6 Å². The van der Waals surface area contributed by atoms with Gasteiger partial charge in [-0.25, -0.2) is 21.6 Å². The number of phenolic OH excluding ortho intramolecular Hbond substituents is 1. The van der Waals surface area contributed by atoms with Crippen LogP contribution in [0.3, 0.4) is 0 Å². The lowest BCUT2D eigenvalue weighted by atomic mass is 10.1. The SMILES string of the molecule is CN(C)Cc1c(O)c(F)cc2c1ccn2S(=O)(=O)c1ccccc1.O=C(O)C(F)(F)F. The number of alkyl halides is 3. The number of carbonyl (C=O) groups is 1. The van der Waals surface area contributed by atoms with Gasteiger partial charge < -0.3 is 15.1 Å². The Labute approximate surface area is 174 Å². The number of benzene rings is 2. The lowest BCUT2D eigenvalue weighted by Crippen LogP contribution is -2.21. The predicted molar refractivity (Wildman–Crippen MR) is 104 cm³/mol.